The van der Waals surface area contributed by atoms with Crippen molar-refractivity contribution >= 4 is 5.91 Å². The van der Waals surface area contributed by atoms with Crippen molar-refractivity contribution in [2.45, 2.75) is 19.4 Å². The summed E-state index contributed by atoms with van der Waals surface area (Å²) in [5.74, 6) is -0.0632. The monoisotopic (exact) mass is 218 g/mol. The Hall–Kier alpha value is -0.650. The topological polar surface area (TPSA) is 64.8 Å². The molecule has 15 heavy (non-hydrogen) atoms. The van der Waals surface area contributed by atoms with Crippen LogP contribution in [0.25, 0.3) is 0 Å². The van der Waals surface area contributed by atoms with Gasteiger partial charge < -0.3 is 20.1 Å². The lowest BCUT2D eigenvalue weighted by atomic mass is 10.2. The van der Waals surface area contributed by atoms with Gasteiger partial charge in [-0.05, 0) is 13.3 Å². The number of carbonyl (C=O) groups excluding carboxylic acids is 1. The van der Waals surface area contributed by atoms with Crippen molar-refractivity contribution in [3.8, 4) is 0 Å². The molecule has 0 aromatic heterocycles. The molecule has 5 heteroatoms. The van der Waals surface area contributed by atoms with Crippen LogP contribution in [-0.4, -0.2) is 57.4 Å². The Labute approximate surface area is 91.5 Å². The van der Waals surface area contributed by atoms with Gasteiger partial charge in [0, 0.05) is 33.9 Å². The van der Waals surface area contributed by atoms with Gasteiger partial charge in [-0.2, -0.15) is 0 Å². The van der Waals surface area contributed by atoms with E-state index in [1.807, 2.05) is 6.92 Å². The van der Waals surface area contributed by atoms with Crippen molar-refractivity contribution in [1.82, 2.24) is 4.90 Å². The Balaban J connectivity index is 3.75. The molecule has 1 unspecified atom stereocenters. The number of rotatable bonds is 8. The van der Waals surface area contributed by atoms with Gasteiger partial charge in [0.15, 0.2) is 0 Å². The van der Waals surface area contributed by atoms with Crippen LogP contribution in [0.15, 0.2) is 0 Å². The molecule has 0 saturated carbocycles. The summed E-state index contributed by atoms with van der Waals surface area (Å²) in [6.07, 6.45) is 0.550. The molecule has 2 N–H and O–H groups in total. The van der Waals surface area contributed by atoms with Crippen LogP contribution >= 0.6 is 0 Å². The smallest absolute Gasteiger partial charge is 0.239 e. The summed E-state index contributed by atoms with van der Waals surface area (Å²) in [4.78, 5) is 13.2. The van der Waals surface area contributed by atoms with Crippen molar-refractivity contribution in [2.24, 2.45) is 5.73 Å². The van der Waals surface area contributed by atoms with Gasteiger partial charge in [-0.15, -0.1) is 0 Å². The Kier molecular flexibility index (Phi) is 8.27. The van der Waals surface area contributed by atoms with Crippen LogP contribution < -0.4 is 5.73 Å². The average molecular weight is 218 g/mol. The van der Waals surface area contributed by atoms with E-state index in [1.165, 1.54) is 0 Å². The molecule has 0 aromatic carbocycles. The van der Waals surface area contributed by atoms with Crippen LogP contribution in [0.2, 0.25) is 0 Å². The molecule has 0 aliphatic heterocycles. The first kappa shape index (κ1) is 14.3. The van der Waals surface area contributed by atoms with E-state index in [1.54, 1.807) is 19.1 Å². The summed E-state index contributed by atoms with van der Waals surface area (Å²) in [5.41, 5.74) is 5.70. The Morgan fingerprint density at radius 1 is 1.47 bits per heavy atom. The van der Waals surface area contributed by atoms with Crippen molar-refractivity contribution in [2.75, 3.05) is 40.5 Å². The second kappa shape index (κ2) is 8.64. The Morgan fingerprint density at radius 3 is 2.67 bits per heavy atom. The maximum absolute atomic E-state index is 11.6. The van der Waals surface area contributed by atoms with E-state index >= 15 is 0 Å². The predicted octanol–water partition coefficient (Wildman–Crippen LogP) is -0.155. The highest BCUT2D eigenvalue weighted by molar-refractivity contribution is 5.81. The molecule has 0 saturated heterocycles. The third kappa shape index (κ3) is 6.43. The van der Waals surface area contributed by atoms with Gasteiger partial charge in [0.05, 0.1) is 12.6 Å². The summed E-state index contributed by atoms with van der Waals surface area (Å²) in [5, 5.41) is 0. The van der Waals surface area contributed by atoms with E-state index in [2.05, 4.69) is 0 Å². The molecule has 90 valence electrons. The number of nitrogens with zero attached hydrogens (tertiary/aromatic N) is 1. The highest BCUT2D eigenvalue weighted by Gasteiger charge is 2.16. The van der Waals surface area contributed by atoms with E-state index in [-0.39, 0.29) is 5.91 Å². The SMILES string of the molecule is CCOCCN(C)C(=O)C(N)CCOC. The van der Waals surface area contributed by atoms with Gasteiger partial charge in [0.2, 0.25) is 5.91 Å². The van der Waals surface area contributed by atoms with E-state index in [0.717, 1.165) is 0 Å². The Morgan fingerprint density at radius 2 is 2.13 bits per heavy atom. The first-order valence-corrected chi connectivity index (χ1v) is 5.20. The van der Waals surface area contributed by atoms with Crippen LogP contribution in [0.5, 0.6) is 0 Å². The van der Waals surface area contributed by atoms with E-state index in [4.69, 9.17) is 15.2 Å². The first-order chi connectivity index (χ1) is 7.13. The van der Waals surface area contributed by atoms with E-state index < -0.39 is 6.04 Å². The zero-order valence-electron chi connectivity index (χ0n) is 9.86. The molecular formula is C10H22N2O3. The molecular weight excluding hydrogens is 196 g/mol. The number of carbonyl (C=O) groups is 1. The minimum absolute atomic E-state index is 0.0632. The van der Waals surface area contributed by atoms with E-state index in [0.29, 0.717) is 32.8 Å². The number of methoxy groups -OCH3 is 1. The normalized spacial score (nSPS) is 12.5. The average Bonchev–Trinajstić information content (AvgIpc) is 2.24. The van der Waals surface area contributed by atoms with Gasteiger partial charge in [-0.1, -0.05) is 0 Å². The molecule has 0 radical (unpaired) electrons. The first-order valence-electron chi connectivity index (χ1n) is 5.20. The second-order valence-electron chi connectivity index (χ2n) is 3.34. The van der Waals surface area contributed by atoms with Crippen molar-refractivity contribution in [1.29, 1.82) is 0 Å². The maximum atomic E-state index is 11.6. The summed E-state index contributed by atoms with van der Waals surface area (Å²) < 4.78 is 10.0. The molecule has 0 heterocycles. The van der Waals surface area contributed by atoms with Gasteiger partial charge in [-0.25, -0.2) is 0 Å². The van der Waals surface area contributed by atoms with E-state index in [9.17, 15) is 4.79 Å². The molecule has 1 atom stereocenters. The zero-order valence-corrected chi connectivity index (χ0v) is 9.86. The lowest BCUT2D eigenvalue weighted by Crippen LogP contribution is -2.43. The summed E-state index contributed by atoms with van der Waals surface area (Å²) in [7, 11) is 3.32. The highest BCUT2D eigenvalue weighted by atomic mass is 16.5. The van der Waals surface area contributed by atoms with Gasteiger partial charge in [0.25, 0.3) is 0 Å². The number of likely N-dealkylation sites (N-methyl/N-ethyl adjacent to an activating group) is 1. The highest BCUT2D eigenvalue weighted by Crippen LogP contribution is 1.95. The molecule has 5 nitrogen and oxygen atoms in total. The van der Waals surface area contributed by atoms with Crippen LogP contribution in [0.1, 0.15) is 13.3 Å². The molecule has 0 aliphatic carbocycles. The third-order valence-electron chi connectivity index (χ3n) is 2.10. The van der Waals surface area contributed by atoms with Crippen LogP contribution in [0, 0.1) is 0 Å². The number of hydrogen-bond donors (Lipinski definition) is 1. The van der Waals surface area contributed by atoms with Crippen molar-refractivity contribution in [3.63, 3.8) is 0 Å². The number of nitrogens with two attached hydrogens (primary N) is 1. The van der Waals surface area contributed by atoms with Crippen LogP contribution in [0.3, 0.4) is 0 Å². The molecule has 0 aromatic rings. The minimum atomic E-state index is -0.475. The van der Waals surface area contributed by atoms with Crippen molar-refractivity contribution in [3.05, 3.63) is 0 Å². The van der Waals surface area contributed by atoms with Crippen LogP contribution in [0.4, 0.5) is 0 Å². The molecule has 0 fully saturated rings. The van der Waals surface area contributed by atoms with Gasteiger partial charge >= 0.3 is 0 Å². The van der Waals surface area contributed by atoms with Crippen molar-refractivity contribution < 1.29 is 14.3 Å². The second-order valence-corrected chi connectivity index (χ2v) is 3.34. The van der Waals surface area contributed by atoms with Gasteiger partial charge in [0.1, 0.15) is 0 Å². The summed E-state index contributed by atoms with van der Waals surface area (Å²) in [6, 6.07) is -0.475. The maximum Gasteiger partial charge on any atom is 0.239 e. The lowest BCUT2D eigenvalue weighted by Gasteiger charge is -2.20. The minimum Gasteiger partial charge on any atom is -0.385 e. The molecule has 1 amide bonds. The zero-order chi connectivity index (χ0) is 11.7. The number of ether oxygens (including phenoxy) is 2. The molecule has 0 bridgehead atoms. The fraction of sp³-hybridized carbons (Fsp3) is 0.900. The Bertz CT molecular complexity index is 176. The standard InChI is InChI=1S/C10H22N2O3/c1-4-15-8-6-12(2)10(13)9(11)5-7-14-3/h9H,4-8,11H2,1-3H3. The largest absolute Gasteiger partial charge is 0.385 e. The summed E-state index contributed by atoms with van der Waals surface area (Å²) in [6.45, 7) is 4.22. The van der Waals surface area contributed by atoms with Crippen LogP contribution in [-0.2, 0) is 14.3 Å². The number of amides is 1. The fourth-order valence-corrected chi connectivity index (χ4v) is 1.11. The number of hydrogen-bond acceptors (Lipinski definition) is 4. The molecule has 0 spiro atoms. The third-order valence-corrected chi connectivity index (χ3v) is 2.10. The molecule has 0 aliphatic rings. The fourth-order valence-electron chi connectivity index (χ4n) is 1.11. The predicted molar refractivity (Wildman–Crippen MR) is 58.6 cm³/mol. The quantitative estimate of drug-likeness (QED) is 0.575. The summed E-state index contributed by atoms with van der Waals surface area (Å²) >= 11 is 0. The molecule has 0 rings (SSSR count). The van der Waals surface area contributed by atoms with Gasteiger partial charge in [-0.3, -0.25) is 4.79 Å². The lowest BCUT2D eigenvalue weighted by molar-refractivity contribution is -0.132.